The number of hydrogen-bond acceptors (Lipinski definition) is 4. The molecule has 4 heteroatoms. The summed E-state index contributed by atoms with van der Waals surface area (Å²) in [5, 5.41) is 4.34. The van der Waals surface area contributed by atoms with Crippen LogP contribution in [0.4, 0.5) is 5.82 Å². The Morgan fingerprint density at radius 2 is 2.00 bits per heavy atom. The fraction of sp³-hybridized carbons (Fsp3) is 0.375. The van der Waals surface area contributed by atoms with Crippen molar-refractivity contribution < 1.29 is 0 Å². The first-order chi connectivity index (χ1) is 9.71. The zero-order chi connectivity index (χ0) is 14.4. The summed E-state index contributed by atoms with van der Waals surface area (Å²) in [6, 6.07) is 10.5. The van der Waals surface area contributed by atoms with Crippen LogP contribution in [0.5, 0.6) is 0 Å². The predicted molar refractivity (Wildman–Crippen MR) is 85.5 cm³/mol. The minimum Gasteiger partial charge on any atom is -0.370 e. The lowest BCUT2D eigenvalue weighted by molar-refractivity contribution is 0.877. The van der Waals surface area contributed by atoms with Crippen LogP contribution in [0, 0.1) is 6.92 Å². The zero-order valence-electron chi connectivity index (χ0n) is 12.3. The maximum Gasteiger partial charge on any atom is 0.131 e. The van der Waals surface area contributed by atoms with Crippen molar-refractivity contribution in [1.29, 1.82) is 0 Å². The van der Waals surface area contributed by atoms with Gasteiger partial charge in [-0.15, -0.1) is 0 Å². The maximum absolute atomic E-state index is 4.60. The van der Waals surface area contributed by atoms with Gasteiger partial charge in [-0.2, -0.15) is 0 Å². The van der Waals surface area contributed by atoms with Crippen molar-refractivity contribution in [3.63, 3.8) is 0 Å². The molecule has 0 aliphatic heterocycles. The molecule has 0 spiro atoms. The standard InChI is InChI=1S/C16H21N3S/c1-4-9-17-15-11-16(19-14(5-2)18-15)20-13-8-6-7-12(3)10-13/h6-8,10-11H,4-5,9H2,1-3H3,(H,17,18,19). The molecule has 1 heterocycles. The highest BCUT2D eigenvalue weighted by atomic mass is 32.2. The van der Waals surface area contributed by atoms with Gasteiger partial charge >= 0.3 is 0 Å². The molecule has 1 aromatic carbocycles. The third kappa shape index (κ3) is 4.23. The summed E-state index contributed by atoms with van der Waals surface area (Å²) in [6.45, 7) is 7.28. The molecule has 2 aromatic rings. The molecule has 0 atom stereocenters. The van der Waals surface area contributed by atoms with Crippen LogP contribution in [0.15, 0.2) is 40.3 Å². The van der Waals surface area contributed by atoms with E-state index in [1.165, 1.54) is 10.5 Å². The van der Waals surface area contributed by atoms with Gasteiger partial charge in [-0.3, -0.25) is 0 Å². The molecule has 0 amide bonds. The Bertz CT molecular complexity index is 569. The maximum atomic E-state index is 4.60. The molecule has 0 unspecified atom stereocenters. The number of benzene rings is 1. The van der Waals surface area contributed by atoms with Crippen molar-refractivity contribution in [3.05, 3.63) is 41.7 Å². The van der Waals surface area contributed by atoms with Gasteiger partial charge in [0.05, 0.1) is 0 Å². The second kappa shape index (κ2) is 7.29. The summed E-state index contributed by atoms with van der Waals surface area (Å²) >= 11 is 1.69. The number of rotatable bonds is 6. The number of anilines is 1. The molecular weight excluding hydrogens is 266 g/mol. The summed E-state index contributed by atoms with van der Waals surface area (Å²) in [7, 11) is 0. The first-order valence-electron chi connectivity index (χ1n) is 7.07. The second-order valence-corrected chi connectivity index (χ2v) is 5.80. The Kier molecular flexibility index (Phi) is 5.41. The van der Waals surface area contributed by atoms with Crippen molar-refractivity contribution in [1.82, 2.24) is 9.97 Å². The predicted octanol–water partition coefficient (Wildman–Crippen LogP) is 4.32. The first kappa shape index (κ1) is 14.9. The van der Waals surface area contributed by atoms with Crippen molar-refractivity contribution in [2.45, 2.75) is 43.5 Å². The zero-order valence-corrected chi connectivity index (χ0v) is 13.1. The normalized spacial score (nSPS) is 10.6. The van der Waals surface area contributed by atoms with Gasteiger partial charge in [-0.25, -0.2) is 9.97 Å². The van der Waals surface area contributed by atoms with Crippen LogP contribution >= 0.6 is 11.8 Å². The third-order valence-corrected chi connectivity index (χ3v) is 3.74. The van der Waals surface area contributed by atoms with E-state index in [2.05, 4.69) is 60.3 Å². The highest BCUT2D eigenvalue weighted by Gasteiger charge is 2.05. The van der Waals surface area contributed by atoms with E-state index in [9.17, 15) is 0 Å². The van der Waals surface area contributed by atoms with Crippen LogP contribution < -0.4 is 5.32 Å². The van der Waals surface area contributed by atoms with Crippen LogP contribution in [0.2, 0.25) is 0 Å². The lowest BCUT2D eigenvalue weighted by Crippen LogP contribution is -2.05. The number of nitrogens with zero attached hydrogens (tertiary/aromatic N) is 2. The molecule has 0 saturated carbocycles. The monoisotopic (exact) mass is 287 g/mol. The van der Waals surface area contributed by atoms with Crippen LogP contribution in [-0.4, -0.2) is 16.5 Å². The average molecular weight is 287 g/mol. The van der Waals surface area contributed by atoms with E-state index in [1.54, 1.807) is 11.8 Å². The molecule has 2 rings (SSSR count). The molecule has 0 fully saturated rings. The Morgan fingerprint density at radius 3 is 2.70 bits per heavy atom. The minimum absolute atomic E-state index is 0.850. The van der Waals surface area contributed by atoms with E-state index in [0.717, 1.165) is 36.1 Å². The fourth-order valence-electron chi connectivity index (χ4n) is 1.83. The van der Waals surface area contributed by atoms with Crippen LogP contribution in [-0.2, 0) is 6.42 Å². The minimum atomic E-state index is 0.850. The molecule has 20 heavy (non-hydrogen) atoms. The van der Waals surface area contributed by atoms with E-state index in [0.29, 0.717) is 0 Å². The number of aromatic nitrogens is 2. The molecule has 3 nitrogen and oxygen atoms in total. The van der Waals surface area contributed by atoms with Gasteiger partial charge < -0.3 is 5.32 Å². The second-order valence-electron chi connectivity index (χ2n) is 4.71. The van der Waals surface area contributed by atoms with E-state index >= 15 is 0 Å². The quantitative estimate of drug-likeness (QED) is 0.803. The van der Waals surface area contributed by atoms with Gasteiger partial charge in [-0.05, 0) is 25.5 Å². The largest absolute Gasteiger partial charge is 0.370 e. The van der Waals surface area contributed by atoms with Crippen molar-refractivity contribution in [2.24, 2.45) is 0 Å². The molecule has 0 radical (unpaired) electrons. The summed E-state index contributed by atoms with van der Waals surface area (Å²) in [4.78, 5) is 10.3. The number of nitrogens with one attached hydrogen (secondary N) is 1. The van der Waals surface area contributed by atoms with Gasteiger partial charge in [0.2, 0.25) is 0 Å². The molecule has 0 aliphatic carbocycles. The highest BCUT2D eigenvalue weighted by Crippen LogP contribution is 2.28. The average Bonchev–Trinajstić information content (AvgIpc) is 2.45. The van der Waals surface area contributed by atoms with Gasteiger partial charge in [0, 0.05) is 23.9 Å². The SMILES string of the molecule is CCCNc1cc(Sc2cccc(C)c2)nc(CC)n1. The fourth-order valence-corrected chi connectivity index (χ4v) is 2.78. The van der Waals surface area contributed by atoms with Crippen LogP contribution in [0.1, 0.15) is 31.7 Å². The third-order valence-electron chi connectivity index (χ3n) is 2.83. The topological polar surface area (TPSA) is 37.8 Å². The Morgan fingerprint density at radius 1 is 1.15 bits per heavy atom. The summed E-state index contributed by atoms with van der Waals surface area (Å²) < 4.78 is 0. The molecule has 0 bridgehead atoms. The molecule has 106 valence electrons. The first-order valence-corrected chi connectivity index (χ1v) is 7.89. The van der Waals surface area contributed by atoms with Gasteiger partial charge in [0.25, 0.3) is 0 Å². The Labute approximate surface area is 125 Å². The summed E-state index contributed by atoms with van der Waals surface area (Å²) in [5.74, 6) is 1.81. The molecule has 1 aromatic heterocycles. The molecule has 1 N–H and O–H groups in total. The Balaban J connectivity index is 2.21. The molecule has 0 saturated heterocycles. The van der Waals surface area contributed by atoms with Crippen LogP contribution in [0.25, 0.3) is 0 Å². The lowest BCUT2D eigenvalue weighted by atomic mass is 10.2. The van der Waals surface area contributed by atoms with Gasteiger partial charge in [-0.1, -0.05) is 43.3 Å². The van der Waals surface area contributed by atoms with Crippen molar-refractivity contribution in [2.75, 3.05) is 11.9 Å². The summed E-state index contributed by atoms with van der Waals surface area (Å²) in [6.07, 6.45) is 1.94. The van der Waals surface area contributed by atoms with E-state index in [4.69, 9.17) is 0 Å². The smallest absolute Gasteiger partial charge is 0.131 e. The van der Waals surface area contributed by atoms with Crippen molar-refractivity contribution >= 4 is 17.6 Å². The van der Waals surface area contributed by atoms with Gasteiger partial charge in [0.1, 0.15) is 16.7 Å². The Hall–Kier alpha value is -1.55. The highest BCUT2D eigenvalue weighted by molar-refractivity contribution is 7.99. The van der Waals surface area contributed by atoms with Crippen LogP contribution in [0.3, 0.4) is 0 Å². The number of aryl methyl sites for hydroxylation is 2. The van der Waals surface area contributed by atoms with E-state index < -0.39 is 0 Å². The molecular formula is C16H21N3S. The summed E-state index contributed by atoms with van der Waals surface area (Å²) in [5.41, 5.74) is 1.27. The lowest BCUT2D eigenvalue weighted by Gasteiger charge is -2.08. The molecule has 0 aliphatic rings. The van der Waals surface area contributed by atoms with Crippen molar-refractivity contribution in [3.8, 4) is 0 Å². The van der Waals surface area contributed by atoms with Gasteiger partial charge in [0.15, 0.2) is 0 Å². The number of hydrogen-bond donors (Lipinski definition) is 1. The van der Waals surface area contributed by atoms with E-state index in [-0.39, 0.29) is 0 Å². The van der Waals surface area contributed by atoms with E-state index in [1.807, 2.05) is 6.07 Å².